The molecule has 32 heavy (non-hydrogen) atoms. The van der Waals surface area contributed by atoms with Crippen molar-refractivity contribution in [1.82, 2.24) is 5.43 Å². The molecule has 0 spiro atoms. The molecule has 0 aliphatic rings. The Kier molecular flexibility index (Phi) is 7.45. The summed E-state index contributed by atoms with van der Waals surface area (Å²) < 4.78 is 15.8. The van der Waals surface area contributed by atoms with Crippen LogP contribution in [0.3, 0.4) is 0 Å². The van der Waals surface area contributed by atoms with E-state index in [9.17, 15) is 9.59 Å². The molecular formula is C23H23N3O5S. The molecule has 2 aromatic carbocycles. The fourth-order valence-electron chi connectivity index (χ4n) is 2.87. The number of hydrogen-bond acceptors (Lipinski definition) is 7. The summed E-state index contributed by atoms with van der Waals surface area (Å²) in [5, 5.41) is 8.87. The molecule has 0 aliphatic heterocycles. The van der Waals surface area contributed by atoms with Crippen molar-refractivity contribution in [2.24, 2.45) is 5.10 Å². The van der Waals surface area contributed by atoms with Crippen LogP contribution in [0.1, 0.15) is 32.5 Å². The first-order chi connectivity index (χ1) is 15.5. The summed E-state index contributed by atoms with van der Waals surface area (Å²) in [6, 6.07) is 13.9. The first-order valence-corrected chi connectivity index (χ1v) is 10.4. The van der Waals surface area contributed by atoms with Crippen LogP contribution in [-0.4, -0.2) is 38.9 Å². The summed E-state index contributed by atoms with van der Waals surface area (Å²) in [6.07, 6.45) is 0. The summed E-state index contributed by atoms with van der Waals surface area (Å²) in [5.41, 5.74) is 4.90. The number of rotatable bonds is 8. The van der Waals surface area contributed by atoms with Crippen molar-refractivity contribution in [2.45, 2.75) is 6.92 Å². The molecule has 0 aliphatic carbocycles. The van der Waals surface area contributed by atoms with Gasteiger partial charge in [0.2, 0.25) is 5.75 Å². The number of amides is 2. The van der Waals surface area contributed by atoms with Crippen molar-refractivity contribution in [3.05, 3.63) is 69.9 Å². The van der Waals surface area contributed by atoms with Gasteiger partial charge in [0.25, 0.3) is 11.8 Å². The van der Waals surface area contributed by atoms with Crippen molar-refractivity contribution in [2.75, 3.05) is 26.6 Å². The fourth-order valence-corrected chi connectivity index (χ4v) is 3.49. The summed E-state index contributed by atoms with van der Waals surface area (Å²) >= 11 is 1.38. The van der Waals surface area contributed by atoms with Crippen LogP contribution >= 0.6 is 11.3 Å². The van der Waals surface area contributed by atoms with E-state index in [0.717, 1.165) is 5.56 Å². The number of carbonyl (C=O) groups is 2. The van der Waals surface area contributed by atoms with E-state index in [1.807, 2.05) is 23.6 Å². The van der Waals surface area contributed by atoms with E-state index in [0.29, 0.717) is 39.1 Å². The second kappa shape index (κ2) is 10.5. The smallest absolute Gasteiger partial charge is 0.271 e. The minimum absolute atomic E-state index is 0.157. The van der Waals surface area contributed by atoms with Crippen LogP contribution < -0.4 is 25.0 Å². The minimum Gasteiger partial charge on any atom is -0.493 e. The SMILES string of the molecule is COc1cc(C(=O)N/N=C(\C)c2ccc(NC(=O)c3cccs3)cc2)cc(OC)c1OC. The predicted molar refractivity (Wildman–Crippen MR) is 124 cm³/mol. The molecule has 0 fully saturated rings. The molecule has 0 bridgehead atoms. The maximum atomic E-state index is 12.6. The van der Waals surface area contributed by atoms with Crippen molar-refractivity contribution in [3.63, 3.8) is 0 Å². The number of thiophene rings is 1. The van der Waals surface area contributed by atoms with Crippen molar-refractivity contribution in [3.8, 4) is 17.2 Å². The van der Waals surface area contributed by atoms with Gasteiger partial charge in [0.05, 0.1) is 31.9 Å². The van der Waals surface area contributed by atoms with Crippen LogP contribution in [-0.2, 0) is 0 Å². The summed E-state index contributed by atoms with van der Waals surface area (Å²) in [5.74, 6) is 0.562. The highest BCUT2D eigenvalue weighted by Crippen LogP contribution is 2.38. The standard InChI is InChI=1S/C23H23N3O5S/c1-14(15-7-9-17(10-8-15)24-23(28)20-6-5-11-32-20)25-26-22(27)16-12-18(29-2)21(31-4)19(13-16)30-3/h5-13H,1-4H3,(H,24,28)(H,26,27)/b25-14+. The average molecular weight is 454 g/mol. The van der Waals surface area contributed by atoms with E-state index in [1.165, 1.54) is 32.7 Å². The van der Waals surface area contributed by atoms with Gasteiger partial charge in [-0.3, -0.25) is 9.59 Å². The number of ether oxygens (including phenoxy) is 3. The number of benzene rings is 2. The molecule has 2 N–H and O–H groups in total. The first kappa shape index (κ1) is 22.8. The Bertz CT molecular complexity index is 1100. The molecule has 166 valence electrons. The van der Waals surface area contributed by atoms with E-state index >= 15 is 0 Å². The number of anilines is 1. The number of hydrazone groups is 1. The average Bonchev–Trinajstić information content (AvgIpc) is 3.37. The summed E-state index contributed by atoms with van der Waals surface area (Å²) in [4.78, 5) is 25.4. The number of hydrogen-bond donors (Lipinski definition) is 2. The minimum atomic E-state index is -0.427. The lowest BCUT2D eigenvalue weighted by molar-refractivity contribution is 0.0953. The molecular weight excluding hydrogens is 430 g/mol. The van der Waals surface area contributed by atoms with Gasteiger partial charge in [-0.2, -0.15) is 5.10 Å². The van der Waals surface area contributed by atoms with Gasteiger partial charge in [-0.05, 0) is 48.2 Å². The third-order valence-corrected chi connectivity index (χ3v) is 5.43. The number of nitrogens with zero attached hydrogens (tertiary/aromatic N) is 1. The Morgan fingerprint density at radius 1 is 0.875 bits per heavy atom. The molecule has 0 atom stereocenters. The molecule has 3 rings (SSSR count). The molecule has 0 radical (unpaired) electrons. The highest BCUT2D eigenvalue weighted by atomic mass is 32.1. The first-order valence-electron chi connectivity index (χ1n) is 9.56. The lowest BCUT2D eigenvalue weighted by Crippen LogP contribution is -2.19. The Morgan fingerprint density at radius 3 is 2.06 bits per heavy atom. The van der Waals surface area contributed by atoms with Gasteiger partial charge < -0.3 is 19.5 Å². The largest absolute Gasteiger partial charge is 0.493 e. The van der Waals surface area contributed by atoms with Crippen molar-refractivity contribution >= 4 is 34.6 Å². The van der Waals surface area contributed by atoms with Gasteiger partial charge in [0.1, 0.15) is 0 Å². The Hall–Kier alpha value is -3.85. The van der Waals surface area contributed by atoms with Crippen LogP contribution in [0.5, 0.6) is 17.2 Å². The van der Waals surface area contributed by atoms with Gasteiger partial charge in [0.15, 0.2) is 11.5 Å². The van der Waals surface area contributed by atoms with Gasteiger partial charge >= 0.3 is 0 Å². The predicted octanol–water partition coefficient (Wildman–Crippen LogP) is 4.18. The maximum absolute atomic E-state index is 12.6. The van der Waals surface area contributed by atoms with E-state index in [4.69, 9.17) is 14.2 Å². The normalized spacial score (nSPS) is 10.9. The van der Waals surface area contributed by atoms with Crippen LogP contribution in [0, 0.1) is 0 Å². The van der Waals surface area contributed by atoms with Crippen molar-refractivity contribution in [1.29, 1.82) is 0 Å². The summed E-state index contributed by atoms with van der Waals surface area (Å²) in [6.45, 7) is 1.77. The third-order valence-electron chi connectivity index (χ3n) is 4.56. The van der Waals surface area contributed by atoms with E-state index in [2.05, 4.69) is 15.8 Å². The molecule has 0 saturated heterocycles. The molecule has 2 amide bonds. The molecule has 0 unspecified atom stereocenters. The highest BCUT2D eigenvalue weighted by Gasteiger charge is 2.17. The second-order valence-electron chi connectivity index (χ2n) is 6.56. The Labute approximate surface area is 189 Å². The lowest BCUT2D eigenvalue weighted by Gasteiger charge is -2.13. The molecule has 9 heteroatoms. The molecule has 0 saturated carbocycles. The number of methoxy groups -OCH3 is 3. The van der Waals surface area contributed by atoms with Gasteiger partial charge in [-0.1, -0.05) is 18.2 Å². The Morgan fingerprint density at radius 2 is 1.53 bits per heavy atom. The van der Waals surface area contributed by atoms with Gasteiger partial charge in [0, 0.05) is 11.3 Å². The van der Waals surface area contributed by atoms with Gasteiger partial charge in [-0.15, -0.1) is 11.3 Å². The fraction of sp³-hybridized carbons (Fsp3) is 0.174. The highest BCUT2D eigenvalue weighted by molar-refractivity contribution is 7.12. The van der Waals surface area contributed by atoms with E-state index < -0.39 is 5.91 Å². The van der Waals surface area contributed by atoms with Crippen LogP contribution in [0.4, 0.5) is 5.69 Å². The summed E-state index contributed by atoms with van der Waals surface area (Å²) in [7, 11) is 4.45. The monoisotopic (exact) mass is 453 g/mol. The molecule has 3 aromatic rings. The molecule has 8 nitrogen and oxygen atoms in total. The zero-order chi connectivity index (χ0) is 23.1. The molecule has 1 heterocycles. The van der Waals surface area contributed by atoms with Crippen molar-refractivity contribution < 1.29 is 23.8 Å². The zero-order valence-electron chi connectivity index (χ0n) is 18.1. The third kappa shape index (κ3) is 5.25. The Balaban J connectivity index is 1.68. The van der Waals surface area contributed by atoms with Gasteiger partial charge in [-0.25, -0.2) is 5.43 Å². The zero-order valence-corrected chi connectivity index (χ0v) is 18.9. The quantitative estimate of drug-likeness (QED) is 0.394. The molecule has 1 aromatic heterocycles. The maximum Gasteiger partial charge on any atom is 0.271 e. The second-order valence-corrected chi connectivity index (χ2v) is 7.51. The van der Waals surface area contributed by atoms with Crippen LogP contribution in [0.25, 0.3) is 0 Å². The van der Waals surface area contributed by atoms with E-state index in [-0.39, 0.29) is 5.91 Å². The number of nitrogens with one attached hydrogen (secondary N) is 2. The number of carbonyl (C=O) groups excluding carboxylic acids is 2. The topological polar surface area (TPSA) is 98.2 Å². The van der Waals surface area contributed by atoms with Crippen LogP contribution in [0.2, 0.25) is 0 Å². The van der Waals surface area contributed by atoms with Crippen LogP contribution in [0.15, 0.2) is 59.0 Å². The van der Waals surface area contributed by atoms with E-state index in [1.54, 1.807) is 37.3 Å². The lowest BCUT2D eigenvalue weighted by atomic mass is 10.1.